The fourth-order valence-corrected chi connectivity index (χ4v) is 7.55. The molecule has 0 radical (unpaired) electrons. The second-order valence-corrected chi connectivity index (χ2v) is 14.3. The van der Waals surface area contributed by atoms with Crippen molar-refractivity contribution in [2.45, 2.75) is 19.8 Å². The number of nitrogens with one attached hydrogen (secondary N) is 2. The molecule has 1 aliphatic carbocycles. The third kappa shape index (κ3) is 5.17. The summed E-state index contributed by atoms with van der Waals surface area (Å²) in [5, 5.41) is 19.4. The molecule has 0 bridgehead atoms. The molecule has 0 atom stereocenters. The van der Waals surface area contributed by atoms with E-state index >= 15 is 0 Å². The van der Waals surface area contributed by atoms with E-state index in [-0.39, 0.29) is 64.5 Å². The maximum absolute atomic E-state index is 14.6. The lowest BCUT2D eigenvalue weighted by molar-refractivity contribution is 0.373. The van der Waals surface area contributed by atoms with E-state index in [0.717, 1.165) is 5.57 Å². The zero-order chi connectivity index (χ0) is 34.2. The van der Waals surface area contributed by atoms with Crippen LogP contribution < -0.4 is 35.7 Å². The fourth-order valence-electron chi connectivity index (χ4n) is 6.71. The summed E-state index contributed by atoms with van der Waals surface area (Å²) in [7, 11) is -4.75. The van der Waals surface area contributed by atoms with Crippen molar-refractivity contribution in [2.75, 3.05) is 50.1 Å². The number of fused-ring (bicyclic) bond motifs is 1. The molecule has 5 N–H and O–H groups in total. The summed E-state index contributed by atoms with van der Waals surface area (Å²) in [6.45, 7) is 1.76. The Bertz CT molecular complexity index is 2510. The average Bonchev–Trinajstić information content (AvgIpc) is 3.14. The molecule has 16 heteroatoms. The van der Waals surface area contributed by atoms with Gasteiger partial charge in [-0.1, -0.05) is 11.6 Å². The predicted molar refractivity (Wildman–Crippen MR) is 180 cm³/mol. The van der Waals surface area contributed by atoms with Crippen molar-refractivity contribution in [3.05, 3.63) is 49.3 Å². The number of methoxy groups -OCH3 is 3. The van der Waals surface area contributed by atoms with E-state index in [1.807, 2.05) is 6.92 Å². The van der Waals surface area contributed by atoms with Crippen LogP contribution in [-0.2, 0) is 26.7 Å². The highest BCUT2D eigenvalue weighted by atomic mass is 32.2. The van der Waals surface area contributed by atoms with Crippen molar-refractivity contribution in [3.8, 4) is 23.0 Å². The van der Waals surface area contributed by atoms with Gasteiger partial charge in [0.15, 0.2) is 16.9 Å². The molecule has 0 saturated carbocycles. The number of ether oxygens (including phenoxy) is 3. The van der Waals surface area contributed by atoms with Crippen LogP contribution in [0.15, 0.2) is 27.3 Å². The lowest BCUT2D eigenvalue weighted by Gasteiger charge is -2.24. The van der Waals surface area contributed by atoms with Crippen LogP contribution in [0.4, 0.5) is 11.4 Å². The number of rotatable bonds is 11. The second-order valence-electron chi connectivity index (χ2n) is 11.3. The SMILES string of the molecule is COc1c(O)c2c(=O)cc(OC)c3c4c(OC)cc(NCS(=O)(=O)O)c5c(=O)c(NCCCS(=O)(=O)O)c6c(c(c1CC(C)=C6)c23)c54. The monoisotopic (exact) mass is 686 g/mol. The summed E-state index contributed by atoms with van der Waals surface area (Å²) < 4.78 is 82.4. The number of hydrogen-bond acceptors (Lipinski definition) is 12. The van der Waals surface area contributed by atoms with Crippen molar-refractivity contribution >= 4 is 80.8 Å². The molecular weight excluding hydrogens is 656 g/mol. The van der Waals surface area contributed by atoms with Crippen LogP contribution in [0, 0.1) is 0 Å². The quantitative estimate of drug-likeness (QED) is 0.0582. The van der Waals surface area contributed by atoms with E-state index < -0.39 is 42.7 Å². The summed E-state index contributed by atoms with van der Waals surface area (Å²) in [5.74, 6) is -1.54. The first-order chi connectivity index (χ1) is 22.1. The molecule has 0 saturated heterocycles. The maximum Gasteiger partial charge on any atom is 0.283 e. The van der Waals surface area contributed by atoms with Gasteiger partial charge in [0.05, 0.1) is 49.2 Å². The number of phenolic OH excluding ortho intramolecular Hbond substituents is 1. The van der Waals surface area contributed by atoms with Gasteiger partial charge in [0, 0.05) is 56.7 Å². The summed E-state index contributed by atoms with van der Waals surface area (Å²) in [4.78, 5) is 28.2. The van der Waals surface area contributed by atoms with Gasteiger partial charge in [-0.2, -0.15) is 16.8 Å². The van der Waals surface area contributed by atoms with Crippen LogP contribution in [0.1, 0.15) is 24.5 Å². The van der Waals surface area contributed by atoms with Gasteiger partial charge < -0.3 is 30.0 Å². The van der Waals surface area contributed by atoms with Gasteiger partial charge in [-0.3, -0.25) is 18.7 Å². The summed E-state index contributed by atoms with van der Waals surface area (Å²) in [5.41, 5.74) is 0.532. The van der Waals surface area contributed by atoms with Crippen LogP contribution in [0.25, 0.3) is 49.2 Å². The Morgan fingerprint density at radius 1 is 0.787 bits per heavy atom. The van der Waals surface area contributed by atoms with E-state index in [2.05, 4.69) is 10.6 Å². The Labute approximate surface area is 267 Å². The second kappa shape index (κ2) is 11.3. The molecule has 0 amide bonds. The van der Waals surface area contributed by atoms with Gasteiger partial charge in [0.1, 0.15) is 17.4 Å². The molecule has 0 fully saturated rings. The van der Waals surface area contributed by atoms with Gasteiger partial charge in [0.25, 0.3) is 20.2 Å². The minimum absolute atomic E-state index is 0.00141. The Balaban J connectivity index is 1.93. The van der Waals surface area contributed by atoms with Gasteiger partial charge >= 0.3 is 0 Å². The van der Waals surface area contributed by atoms with E-state index in [1.54, 1.807) is 6.08 Å². The molecule has 0 spiro atoms. The van der Waals surface area contributed by atoms with Gasteiger partial charge in [0.2, 0.25) is 5.43 Å². The normalized spacial score (nSPS) is 13.4. The predicted octanol–water partition coefficient (Wildman–Crippen LogP) is 3.53. The minimum Gasteiger partial charge on any atom is -0.504 e. The maximum atomic E-state index is 14.6. The smallest absolute Gasteiger partial charge is 0.283 e. The van der Waals surface area contributed by atoms with Crippen LogP contribution in [-0.4, -0.2) is 70.6 Å². The third-order valence-corrected chi connectivity index (χ3v) is 9.70. The highest BCUT2D eigenvalue weighted by molar-refractivity contribution is 7.86. The lowest BCUT2D eigenvalue weighted by atomic mass is 9.83. The Morgan fingerprint density at radius 3 is 2.02 bits per heavy atom. The van der Waals surface area contributed by atoms with Crippen molar-refractivity contribution in [1.29, 1.82) is 0 Å². The Kier molecular flexibility index (Phi) is 7.74. The largest absolute Gasteiger partial charge is 0.504 e. The molecule has 0 heterocycles. The molecular formula is C31H30N2O12S2. The first-order valence-electron chi connectivity index (χ1n) is 14.2. The van der Waals surface area contributed by atoms with Crippen LogP contribution >= 0.6 is 0 Å². The zero-order valence-corrected chi connectivity index (χ0v) is 27.2. The summed E-state index contributed by atoms with van der Waals surface area (Å²) in [6, 6.07) is 2.61. The topological polar surface area (TPSA) is 215 Å². The number of phenols is 1. The molecule has 248 valence electrons. The standard InChI is InChI=1S/C31H30N2O12S2/c1-13-8-14-20-21-15(9-13)31(45-4)30(36)23-17(34)11-19(44-3)25(27(21)23)24-18(43-2)10-16(33-12-47(40,41)42)22(26(20)24)29(35)28(14)32-6-5-7-46(37,38)39/h8,10-11,32-33,36H,5-7,9,12H2,1-4H3,(H,37,38,39)(H,40,41,42). The average molecular weight is 687 g/mol. The molecule has 5 aromatic rings. The summed E-state index contributed by atoms with van der Waals surface area (Å²) in [6.07, 6.45) is 1.94. The highest BCUT2D eigenvalue weighted by Crippen LogP contribution is 2.55. The van der Waals surface area contributed by atoms with Crippen molar-refractivity contribution in [2.24, 2.45) is 0 Å². The Morgan fingerprint density at radius 2 is 1.43 bits per heavy atom. The third-order valence-electron chi connectivity index (χ3n) is 8.38. The number of allylic oxidation sites excluding steroid dienone is 1. The minimum atomic E-state index is -4.56. The molecule has 0 aliphatic heterocycles. The van der Waals surface area contributed by atoms with Gasteiger partial charge in [-0.25, -0.2) is 0 Å². The fraction of sp³-hybridized carbons (Fsp3) is 0.290. The van der Waals surface area contributed by atoms with Crippen LogP contribution in [0.5, 0.6) is 23.0 Å². The molecule has 6 rings (SSSR count). The van der Waals surface area contributed by atoms with E-state index in [9.17, 15) is 40.6 Å². The number of aromatic hydroxyl groups is 1. The van der Waals surface area contributed by atoms with Gasteiger partial charge in [-0.05, 0) is 25.2 Å². The molecule has 5 aromatic carbocycles. The summed E-state index contributed by atoms with van der Waals surface area (Å²) >= 11 is 0. The van der Waals surface area contributed by atoms with E-state index in [4.69, 9.17) is 14.2 Å². The molecule has 47 heavy (non-hydrogen) atoms. The Hall–Kier alpha value is -4.64. The van der Waals surface area contributed by atoms with Crippen LogP contribution in [0.3, 0.4) is 0 Å². The molecule has 0 unspecified atom stereocenters. The molecule has 0 aromatic heterocycles. The van der Waals surface area contributed by atoms with Crippen molar-refractivity contribution in [3.63, 3.8) is 0 Å². The number of anilines is 2. The van der Waals surface area contributed by atoms with Crippen LogP contribution in [0.2, 0.25) is 0 Å². The first-order valence-corrected chi connectivity index (χ1v) is 17.4. The van der Waals surface area contributed by atoms with E-state index in [0.29, 0.717) is 43.4 Å². The number of hydrogen-bond donors (Lipinski definition) is 5. The van der Waals surface area contributed by atoms with E-state index in [1.165, 1.54) is 33.5 Å². The lowest BCUT2D eigenvalue weighted by Crippen LogP contribution is -2.20. The van der Waals surface area contributed by atoms with Crippen molar-refractivity contribution in [1.82, 2.24) is 0 Å². The highest BCUT2D eigenvalue weighted by Gasteiger charge is 2.33. The zero-order valence-electron chi connectivity index (χ0n) is 25.6. The first kappa shape index (κ1) is 32.3. The molecule has 1 aliphatic rings. The van der Waals surface area contributed by atoms with Crippen molar-refractivity contribution < 1.29 is 45.3 Å². The molecule has 14 nitrogen and oxygen atoms in total. The number of benzene rings is 5. The van der Waals surface area contributed by atoms with Gasteiger partial charge in [-0.15, -0.1) is 0 Å².